The molecule has 1 aromatic carbocycles. The minimum Gasteiger partial charge on any atom is -0.497 e. The molecule has 10 heteroatoms. The van der Waals surface area contributed by atoms with E-state index in [9.17, 15) is 18.3 Å². The molecule has 3 saturated carbocycles. The number of methoxy groups -OCH3 is 1. The Kier molecular flexibility index (Phi) is 3.95. The number of nitrogens with one attached hydrogen (secondary N) is 1. The number of anilines is 1. The zero-order valence-electron chi connectivity index (χ0n) is 16.0. The van der Waals surface area contributed by atoms with E-state index in [0.29, 0.717) is 11.5 Å². The maximum absolute atomic E-state index is 13.0. The molecule has 0 spiro atoms. The molecule has 3 aliphatic rings. The van der Waals surface area contributed by atoms with Gasteiger partial charge in [0.15, 0.2) is 0 Å². The SMILES string of the molecule is COc1ccc(-c2nnc(NC34CC(CO)(C3)C4)n3cccc23)c(OC(F)(F)F)c1. The molecule has 7 nitrogen and oxygen atoms in total. The zero-order valence-corrected chi connectivity index (χ0v) is 16.0. The van der Waals surface area contributed by atoms with E-state index in [-0.39, 0.29) is 34.6 Å². The van der Waals surface area contributed by atoms with E-state index in [1.54, 1.807) is 28.8 Å². The van der Waals surface area contributed by atoms with Crippen molar-refractivity contribution < 1.29 is 27.8 Å². The fourth-order valence-electron chi connectivity index (χ4n) is 4.80. The van der Waals surface area contributed by atoms with Crippen molar-refractivity contribution in [2.45, 2.75) is 31.2 Å². The highest BCUT2D eigenvalue weighted by Gasteiger charge is 2.67. The first kappa shape index (κ1) is 19.0. The van der Waals surface area contributed by atoms with Gasteiger partial charge in [-0.2, -0.15) is 0 Å². The molecule has 2 heterocycles. The molecule has 3 aliphatic carbocycles. The van der Waals surface area contributed by atoms with Crippen LogP contribution in [0.25, 0.3) is 16.8 Å². The summed E-state index contributed by atoms with van der Waals surface area (Å²) in [5, 5.41) is 21.3. The molecule has 0 amide bonds. The first-order valence-corrected chi connectivity index (χ1v) is 9.42. The number of benzene rings is 1. The van der Waals surface area contributed by atoms with Crippen LogP contribution in [-0.2, 0) is 0 Å². The normalized spacial score (nSPS) is 24.8. The van der Waals surface area contributed by atoms with Crippen LogP contribution in [0, 0.1) is 5.41 Å². The molecule has 0 radical (unpaired) electrons. The summed E-state index contributed by atoms with van der Waals surface area (Å²) in [6.07, 6.45) is -0.488. The fraction of sp³-hybridized carbons (Fsp3) is 0.400. The van der Waals surface area contributed by atoms with Crippen LogP contribution >= 0.6 is 0 Å². The third-order valence-electron chi connectivity index (χ3n) is 5.99. The van der Waals surface area contributed by atoms with Crippen molar-refractivity contribution in [3.05, 3.63) is 36.5 Å². The lowest BCUT2D eigenvalue weighted by atomic mass is 9.40. The lowest BCUT2D eigenvalue weighted by Crippen LogP contribution is -2.72. The largest absolute Gasteiger partial charge is 0.573 e. The van der Waals surface area contributed by atoms with Crippen molar-refractivity contribution >= 4 is 11.5 Å². The highest BCUT2D eigenvalue weighted by atomic mass is 19.4. The molecular formula is C20H19F3N4O3. The van der Waals surface area contributed by atoms with E-state index >= 15 is 0 Å². The summed E-state index contributed by atoms with van der Waals surface area (Å²) < 4.78 is 49.9. The number of rotatable bonds is 6. The summed E-state index contributed by atoms with van der Waals surface area (Å²) in [5.74, 6) is 0.332. The minimum absolute atomic E-state index is 0.0309. The standard InChI is InChI=1S/C20H19F3N4O3/c1-29-12-4-5-13(15(7-12)30-20(21,22)23)16-14-3-2-6-27(14)17(26-25-16)24-19-8-18(9-19,10-19)11-28/h2-7,28H,8-11H2,1H3,(H,24,26). The van der Waals surface area contributed by atoms with Gasteiger partial charge >= 0.3 is 6.36 Å². The molecule has 3 fully saturated rings. The highest BCUT2D eigenvalue weighted by Crippen LogP contribution is 2.67. The Morgan fingerprint density at radius 2 is 1.97 bits per heavy atom. The first-order valence-electron chi connectivity index (χ1n) is 9.42. The van der Waals surface area contributed by atoms with Crippen LogP contribution in [0.5, 0.6) is 11.5 Å². The van der Waals surface area contributed by atoms with Crippen LogP contribution < -0.4 is 14.8 Å². The molecule has 2 aromatic heterocycles. The van der Waals surface area contributed by atoms with Gasteiger partial charge in [0.05, 0.1) is 12.6 Å². The molecule has 30 heavy (non-hydrogen) atoms. The average molecular weight is 420 g/mol. The van der Waals surface area contributed by atoms with Gasteiger partial charge in [0, 0.05) is 35.4 Å². The summed E-state index contributed by atoms with van der Waals surface area (Å²) in [4.78, 5) is 0. The molecule has 2 bridgehead atoms. The summed E-state index contributed by atoms with van der Waals surface area (Å²) in [6, 6.07) is 7.72. The topological polar surface area (TPSA) is 80.9 Å². The van der Waals surface area contributed by atoms with Gasteiger partial charge in [0.1, 0.15) is 17.2 Å². The molecule has 0 aliphatic heterocycles. The van der Waals surface area contributed by atoms with Gasteiger partial charge in [-0.05, 0) is 43.5 Å². The second kappa shape index (κ2) is 6.24. The second-order valence-corrected chi connectivity index (χ2v) is 8.14. The number of fused-ring (bicyclic) bond motifs is 1. The monoisotopic (exact) mass is 420 g/mol. The highest BCUT2D eigenvalue weighted by molar-refractivity contribution is 5.82. The maximum Gasteiger partial charge on any atom is 0.573 e. The molecule has 3 aromatic rings. The number of ether oxygens (including phenoxy) is 2. The Hall–Kier alpha value is -3.01. The molecule has 0 saturated heterocycles. The van der Waals surface area contributed by atoms with Crippen molar-refractivity contribution in [2.75, 3.05) is 19.0 Å². The van der Waals surface area contributed by atoms with E-state index in [0.717, 1.165) is 19.3 Å². The summed E-state index contributed by atoms with van der Waals surface area (Å²) in [6.45, 7) is 0.180. The zero-order chi connectivity index (χ0) is 21.1. The van der Waals surface area contributed by atoms with Crippen LogP contribution in [0.15, 0.2) is 36.5 Å². The average Bonchev–Trinajstić information content (AvgIpc) is 3.12. The van der Waals surface area contributed by atoms with Gasteiger partial charge in [-0.3, -0.25) is 4.40 Å². The van der Waals surface area contributed by atoms with Crippen molar-refractivity contribution in [3.8, 4) is 22.8 Å². The van der Waals surface area contributed by atoms with Crippen molar-refractivity contribution in [2.24, 2.45) is 5.41 Å². The number of aromatic nitrogens is 3. The number of halogens is 3. The fourth-order valence-corrected chi connectivity index (χ4v) is 4.80. The molecule has 0 unspecified atom stereocenters. The smallest absolute Gasteiger partial charge is 0.497 e. The number of alkyl halides is 3. The Balaban J connectivity index is 1.53. The van der Waals surface area contributed by atoms with Crippen LogP contribution in [0.4, 0.5) is 19.1 Å². The third-order valence-corrected chi connectivity index (χ3v) is 5.99. The predicted octanol–water partition coefficient (Wildman–Crippen LogP) is 3.63. The molecule has 0 atom stereocenters. The van der Waals surface area contributed by atoms with Crippen molar-refractivity contribution in [1.82, 2.24) is 14.6 Å². The van der Waals surface area contributed by atoms with Crippen molar-refractivity contribution in [3.63, 3.8) is 0 Å². The minimum atomic E-state index is -4.86. The number of nitrogens with zero attached hydrogens (tertiary/aromatic N) is 3. The molecular weight excluding hydrogens is 401 g/mol. The molecule has 158 valence electrons. The maximum atomic E-state index is 13.0. The lowest BCUT2D eigenvalue weighted by molar-refractivity contribution is -0.274. The second-order valence-electron chi connectivity index (χ2n) is 8.14. The van der Waals surface area contributed by atoms with Crippen LogP contribution in [-0.4, -0.2) is 45.3 Å². The quantitative estimate of drug-likeness (QED) is 0.634. The first-order chi connectivity index (χ1) is 14.3. The van der Waals surface area contributed by atoms with Gasteiger partial charge in [-0.1, -0.05) is 0 Å². The summed E-state index contributed by atoms with van der Waals surface area (Å²) >= 11 is 0. The number of aliphatic hydroxyl groups excluding tert-OH is 1. The van der Waals surface area contributed by atoms with Crippen LogP contribution in [0.1, 0.15) is 19.3 Å². The predicted molar refractivity (Wildman–Crippen MR) is 101 cm³/mol. The van der Waals surface area contributed by atoms with E-state index in [1.165, 1.54) is 19.2 Å². The number of aliphatic hydroxyl groups is 1. The lowest BCUT2D eigenvalue weighted by Gasteiger charge is -2.70. The summed E-state index contributed by atoms with van der Waals surface area (Å²) in [5.41, 5.74) is 0.940. The van der Waals surface area contributed by atoms with E-state index in [2.05, 4.69) is 20.3 Å². The molecule has 6 rings (SSSR count). The van der Waals surface area contributed by atoms with Crippen LogP contribution in [0.2, 0.25) is 0 Å². The summed E-state index contributed by atoms with van der Waals surface area (Å²) in [7, 11) is 1.36. The number of hydrogen-bond acceptors (Lipinski definition) is 6. The van der Waals surface area contributed by atoms with Gasteiger partial charge in [-0.25, -0.2) is 0 Å². The van der Waals surface area contributed by atoms with Gasteiger partial charge in [0.2, 0.25) is 5.95 Å². The Bertz CT molecular complexity index is 1110. The molecule has 2 N–H and O–H groups in total. The van der Waals surface area contributed by atoms with E-state index in [1.807, 2.05) is 0 Å². The third kappa shape index (κ3) is 2.94. The van der Waals surface area contributed by atoms with Crippen LogP contribution in [0.3, 0.4) is 0 Å². The Morgan fingerprint density at radius 1 is 1.20 bits per heavy atom. The van der Waals surface area contributed by atoms with Crippen molar-refractivity contribution in [1.29, 1.82) is 0 Å². The number of hydrogen-bond donors (Lipinski definition) is 2. The van der Waals surface area contributed by atoms with Gasteiger partial charge in [-0.15, -0.1) is 23.4 Å². The van der Waals surface area contributed by atoms with E-state index in [4.69, 9.17) is 4.74 Å². The Morgan fingerprint density at radius 3 is 2.63 bits per heavy atom. The van der Waals surface area contributed by atoms with E-state index < -0.39 is 12.1 Å². The van der Waals surface area contributed by atoms with Gasteiger partial charge in [0.25, 0.3) is 0 Å². The van der Waals surface area contributed by atoms with Gasteiger partial charge < -0.3 is 19.9 Å². The Labute approximate surface area is 169 Å².